The molecule has 1 aromatic heterocycles. The highest BCUT2D eigenvalue weighted by Gasteiger charge is 2.28. The van der Waals surface area contributed by atoms with Crippen molar-refractivity contribution in [3.05, 3.63) is 17.7 Å². The molecular weight excluding hydrogens is 278 g/mol. The van der Waals surface area contributed by atoms with E-state index in [1.165, 1.54) is 12.4 Å². The van der Waals surface area contributed by atoms with E-state index in [9.17, 15) is 8.42 Å². The Bertz CT molecular complexity index is 506. The fraction of sp³-hybridized carbons (Fsp3) is 0.600. The Hall–Kier alpha value is -0.760. The minimum absolute atomic E-state index is 0.0211. The number of hydrogen-bond acceptors (Lipinski definition) is 5. The lowest BCUT2D eigenvalue weighted by Crippen LogP contribution is -2.33. The van der Waals surface area contributed by atoms with Crippen LogP contribution in [0.15, 0.2) is 17.3 Å². The maximum atomic E-state index is 12.0. The van der Waals surface area contributed by atoms with Gasteiger partial charge in [0.05, 0.1) is 18.5 Å². The Morgan fingerprint density at radius 2 is 2.06 bits per heavy atom. The van der Waals surface area contributed by atoms with Gasteiger partial charge in [0.25, 0.3) is 0 Å². The highest BCUT2D eigenvalue weighted by molar-refractivity contribution is 7.89. The van der Waals surface area contributed by atoms with E-state index in [0.29, 0.717) is 6.42 Å². The number of aromatic nitrogens is 2. The molecule has 1 heterocycles. The number of ether oxygens (including phenoxy) is 1. The van der Waals surface area contributed by atoms with Gasteiger partial charge in [-0.2, -0.15) is 0 Å². The lowest BCUT2D eigenvalue weighted by Gasteiger charge is -2.12. The zero-order chi connectivity index (χ0) is 13.2. The van der Waals surface area contributed by atoms with Crippen LogP contribution in [0.3, 0.4) is 0 Å². The van der Waals surface area contributed by atoms with Gasteiger partial charge >= 0.3 is 0 Å². The second-order valence-electron chi connectivity index (χ2n) is 4.18. The molecule has 8 heteroatoms. The molecule has 0 bridgehead atoms. The summed E-state index contributed by atoms with van der Waals surface area (Å²) in [4.78, 5) is 7.34. The molecule has 2 atom stereocenters. The first-order valence-corrected chi connectivity index (χ1v) is 7.40. The van der Waals surface area contributed by atoms with E-state index in [0.717, 1.165) is 12.8 Å². The summed E-state index contributed by atoms with van der Waals surface area (Å²) in [5.74, 6) is 0. The van der Waals surface area contributed by atoms with E-state index >= 15 is 0 Å². The number of nitrogens with one attached hydrogen (secondary N) is 1. The summed E-state index contributed by atoms with van der Waals surface area (Å²) in [6.07, 6.45) is 4.83. The van der Waals surface area contributed by atoms with Crippen molar-refractivity contribution in [1.82, 2.24) is 14.7 Å². The second-order valence-corrected chi connectivity index (χ2v) is 6.23. The number of nitrogens with zero attached hydrogens (tertiary/aromatic N) is 2. The van der Waals surface area contributed by atoms with E-state index in [4.69, 9.17) is 16.3 Å². The number of hydrogen-bond donors (Lipinski definition) is 1. The lowest BCUT2D eigenvalue weighted by atomic mass is 10.3. The molecule has 1 fully saturated rings. The van der Waals surface area contributed by atoms with Crippen molar-refractivity contribution >= 4 is 21.6 Å². The minimum Gasteiger partial charge on any atom is -0.381 e. The van der Waals surface area contributed by atoms with Crippen LogP contribution in [0.4, 0.5) is 0 Å². The number of halogens is 1. The number of methoxy groups -OCH3 is 1. The first-order valence-electron chi connectivity index (χ1n) is 5.54. The van der Waals surface area contributed by atoms with Crippen LogP contribution >= 0.6 is 11.6 Å². The van der Waals surface area contributed by atoms with E-state index in [1.54, 1.807) is 7.11 Å². The summed E-state index contributed by atoms with van der Waals surface area (Å²) >= 11 is 5.52. The average Bonchev–Trinajstić information content (AvgIpc) is 2.76. The average molecular weight is 292 g/mol. The lowest BCUT2D eigenvalue weighted by molar-refractivity contribution is 0.107. The summed E-state index contributed by atoms with van der Waals surface area (Å²) in [6.45, 7) is 0. The van der Waals surface area contributed by atoms with Crippen LogP contribution in [0.2, 0.25) is 5.28 Å². The molecule has 2 rings (SSSR count). The number of rotatable bonds is 4. The van der Waals surface area contributed by atoms with Gasteiger partial charge in [0.15, 0.2) is 0 Å². The zero-order valence-corrected chi connectivity index (χ0v) is 11.4. The molecular formula is C10H14ClN3O3S. The highest BCUT2D eigenvalue weighted by Crippen LogP contribution is 2.23. The molecule has 0 aromatic carbocycles. The Balaban J connectivity index is 2.06. The molecule has 0 radical (unpaired) electrons. The normalized spacial score (nSPS) is 24.3. The largest absolute Gasteiger partial charge is 0.381 e. The van der Waals surface area contributed by atoms with Gasteiger partial charge < -0.3 is 4.74 Å². The molecule has 6 nitrogen and oxygen atoms in total. The topological polar surface area (TPSA) is 81.2 Å². The predicted molar refractivity (Wildman–Crippen MR) is 65.8 cm³/mol. The summed E-state index contributed by atoms with van der Waals surface area (Å²) in [5, 5.41) is 0.0225. The van der Waals surface area contributed by atoms with Gasteiger partial charge in [0.1, 0.15) is 4.90 Å². The van der Waals surface area contributed by atoms with Crippen molar-refractivity contribution in [2.24, 2.45) is 0 Å². The van der Waals surface area contributed by atoms with Crippen molar-refractivity contribution in [2.45, 2.75) is 36.3 Å². The van der Waals surface area contributed by atoms with Crippen LogP contribution < -0.4 is 4.72 Å². The monoisotopic (exact) mass is 291 g/mol. The van der Waals surface area contributed by atoms with E-state index in [1.807, 2.05) is 0 Å². The molecule has 18 heavy (non-hydrogen) atoms. The van der Waals surface area contributed by atoms with Gasteiger partial charge in [0, 0.05) is 13.2 Å². The maximum Gasteiger partial charge on any atom is 0.243 e. The summed E-state index contributed by atoms with van der Waals surface area (Å²) in [6, 6.07) is -0.101. The first kappa shape index (κ1) is 13.7. The third-order valence-electron chi connectivity index (χ3n) is 2.95. The van der Waals surface area contributed by atoms with Gasteiger partial charge in [-0.15, -0.1) is 0 Å². The van der Waals surface area contributed by atoms with Gasteiger partial charge in [-0.25, -0.2) is 23.1 Å². The Kier molecular flexibility index (Phi) is 4.16. The molecule has 0 spiro atoms. The van der Waals surface area contributed by atoms with Crippen molar-refractivity contribution in [3.8, 4) is 0 Å². The SMILES string of the molecule is COC1CCC(NS(=O)(=O)c2cnc(Cl)nc2)C1. The molecule has 0 aliphatic heterocycles. The zero-order valence-electron chi connectivity index (χ0n) is 9.84. The summed E-state index contributed by atoms with van der Waals surface area (Å²) in [7, 11) is -1.95. The maximum absolute atomic E-state index is 12.0. The molecule has 100 valence electrons. The Morgan fingerprint density at radius 1 is 1.39 bits per heavy atom. The van der Waals surface area contributed by atoms with Crippen LogP contribution in [0.1, 0.15) is 19.3 Å². The van der Waals surface area contributed by atoms with Crippen LogP contribution in [0, 0.1) is 0 Å². The van der Waals surface area contributed by atoms with Crippen LogP contribution in [-0.2, 0) is 14.8 Å². The Labute approximate surface area is 111 Å². The molecule has 1 N–H and O–H groups in total. The quantitative estimate of drug-likeness (QED) is 0.836. The second kappa shape index (κ2) is 5.48. The smallest absolute Gasteiger partial charge is 0.243 e. The fourth-order valence-electron chi connectivity index (χ4n) is 1.99. The predicted octanol–water partition coefficient (Wildman–Crippen LogP) is 0.976. The summed E-state index contributed by atoms with van der Waals surface area (Å²) in [5.41, 5.74) is 0. The molecule has 2 unspecified atom stereocenters. The standard InChI is InChI=1S/C10H14ClN3O3S/c1-17-8-3-2-7(4-8)14-18(15,16)9-5-12-10(11)13-6-9/h5-8,14H,2-4H2,1H3. The highest BCUT2D eigenvalue weighted by atomic mass is 35.5. The van der Waals surface area contributed by atoms with Gasteiger partial charge in [-0.3, -0.25) is 0 Å². The molecule has 0 saturated heterocycles. The molecule has 1 saturated carbocycles. The minimum atomic E-state index is -3.58. The van der Waals surface area contributed by atoms with Crippen molar-refractivity contribution in [2.75, 3.05) is 7.11 Å². The van der Waals surface area contributed by atoms with Gasteiger partial charge in [-0.1, -0.05) is 0 Å². The van der Waals surface area contributed by atoms with Crippen molar-refractivity contribution in [1.29, 1.82) is 0 Å². The summed E-state index contributed by atoms with van der Waals surface area (Å²) < 4.78 is 31.9. The number of sulfonamides is 1. The van der Waals surface area contributed by atoms with Gasteiger partial charge in [-0.05, 0) is 30.9 Å². The van der Waals surface area contributed by atoms with Gasteiger partial charge in [0.2, 0.25) is 15.3 Å². The Morgan fingerprint density at radius 3 is 2.61 bits per heavy atom. The fourth-order valence-corrected chi connectivity index (χ4v) is 3.26. The van der Waals surface area contributed by atoms with E-state index in [2.05, 4.69) is 14.7 Å². The van der Waals surface area contributed by atoms with E-state index < -0.39 is 10.0 Å². The molecule has 0 amide bonds. The third-order valence-corrected chi connectivity index (χ3v) is 4.62. The van der Waals surface area contributed by atoms with Crippen molar-refractivity contribution < 1.29 is 13.2 Å². The third kappa shape index (κ3) is 3.17. The van der Waals surface area contributed by atoms with Crippen molar-refractivity contribution in [3.63, 3.8) is 0 Å². The van der Waals surface area contributed by atoms with Crippen LogP contribution in [0.5, 0.6) is 0 Å². The molecule has 1 aliphatic rings. The molecule has 1 aromatic rings. The van der Waals surface area contributed by atoms with E-state index in [-0.39, 0.29) is 22.3 Å². The molecule has 1 aliphatic carbocycles. The van der Waals surface area contributed by atoms with Crippen LogP contribution in [-0.4, -0.2) is 37.6 Å². The first-order chi connectivity index (χ1) is 8.51. The van der Waals surface area contributed by atoms with Crippen LogP contribution in [0.25, 0.3) is 0 Å².